The molecule has 2 atom stereocenters. The fourth-order valence-electron chi connectivity index (χ4n) is 2.07. The second-order valence-electron chi connectivity index (χ2n) is 3.75. The van der Waals surface area contributed by atoms with Crippen molar-refractivity contribution >= 4 is 0 Å². The van der Waals surface area contributed by atoms with E-state index in [0.717, 1.165) is 0 Å². The summed E-state index contributed by atoms with van der Waals surface area (Å²) in [4.78, 5) is 0. The Morgan fingerprint density at radius 1 is 0.867 bits per heavy atom. The van der Waals surface area contributed by atoms with Gasteiger partial charge in [0.2, 0.25) is 0 Å². The SMILES string of the molecule is C1C[NH2+]C(CCC2NCC[NH2+]2)N1.O.[Cl-].[Cl-]. The van der Waals surface area contributed by atoms with E-state index in [4.69, 9.17) is 0 Å². The second kappa shape index (κ2) is 9.59. The van der Waals surface area contributed by atoms with Crippen LogP contribution >= 0.6 is 0 Å². The molecule has 0 aliphatic carbocycles. The molecule has 94 valence electrons. The first-order chi connectivity index (χ1) is 5.95. The molecule has 2 aliphatic rings. The molecule has 0 saturated carbocycles. The molecular weight excluding hydrogens is 239 g/mol. The molecule has 0 aromatic heterocycles. The minimum Gasteiger partial charge on any atom is -1.00 e. The van der Waals surface area contributed by atoms with Crippen molar-refractivity contribution in [2.24, 2.45) is 0 Å². The summed E-state index contributed by atoms with van der Waals surface area (Å²) in [7, 11) is 0. The Balaban J connectivity index is 0. The molecule has 2 unspecified atom stereocenters. The third-order valence-electron chi connectivity index (χ3n) is 2.79. The smallest absolute Gasteiger partial charge is 0.140 e. The van der Waals surface area contributed by atoms with Gasteiger partial charge >= 0.3 is 0 Å². The first-order valence-electron chi connectivity index (χ1n) is 5.08. The third kappa shape index (κ3) is 5.87. The lowest BCUT2D eigenvalue weighted by atomic mass is 10.2. The summed E-state index contributed by atoms with van der Waals surface area (Å²) < 4.78 is 0. The standard InChI is InChI=1S/C8H18N4.2ClH.H2O/c1(7-9-3-4-10-7)2-8-11-5-6-12-8;;;/h7-12H,1-6H2;2*1H;1H2. The van der Waals surface area contributed by atoms with E-state index in [1.165, 1.54) is 39.0 Å². The first-order valence-corrected chi connectivity index (χ1v) is 5.08. The average Bonchev–Trinajstić information content (AvgIpc) is 2.74. The van der Waals surface area contributed by atoms with Gasteiger partial charge in [-0.1, -0.05) is 0 Å². The van der Waals surface area contributed by atoms with Gasteiger partial charge in [0.05, 0.1) is 13.1 Å². The van der Waals surface area contributed by atoms with Gasteiger partial charge in [-0.15, -0.1) is 0 Å². The normalized spacial score (nSPS) is 28.8. The van der Waals surface area contributed by atoms with E-state index in [0.29, 0.717) is 12.3 Å². The van der Waals surface area contributed by atoms with Crippen molar-refractivity contribution in [3.63, 3.8) is 0 Å². The number of hydrogen-bond donors (Lipinski definition) is 4. The fraction of sp³-hybridized carbons (Fsp3) is 1.00. The summed E-state index contributed by atoms with van der Waals surface area (Å²) >= 11 is 0. The van der Waals surface area contributed by atoms with Crippen LogP contribution in [0.2, 0.25) is 0 Å². The van der Waals surface area contributed by atoms with Crippen LogP contribution < -0.4 is 46.1 Å². The second-order valence-corrected chi connectivity index (χ2v) is 3.75. The van der Waals surface area contributed by atoms with Crippen molar-refractivity contribution in [2.45, 2.75) is 25.2 Å². The van der Waals surface area contributed by atoms with Crippen LogP contribution in [0.25, 0.3) is 0 Å². The van der Waals surface area contributed by atoms with Crippen molar-refractivity contribution in [3.05, 3.63) is 0 Å². The summed E-state index contributed by atoms with van der Waals surface area (Å²) in [6.07, 6.45) is 3.99. The van der Waals surface area contributed by atoms with E-state index in [1.807, 2.05) is 0 Å². The highest BCUT2D eigenvalue weighted by molar-refractivity contribution is 4.63. The molecule has 0 bridgehead atoms. The Hall–Kier alpha value is 0.380. The van der Waals surface area contributed by atoms with E-state index >= 15 is 0 Å². The minimum atomic E-state index is 0. The van der Waals surface area contributed by atoms with Crippen LogP contribution in [0.4, 0.5) is 0 Å². The lowest BCUT2D eigenvalue weighted by molar-refractivity contribution is -0.683. The molecule has 15 heavy (non-hydrogen) atoms. The van der Waals surface area contributed by atoms with Gasteiger partial charge in [-0.2, -0.15) is 0 Å². The molecule has 0 aromatic carbocycles. The minimum absolute atomic E-state index is 0. The van der Waals surface area contributed by atoms with Gasteiger partial charge < -0.3 is 40.9 Å². The lowest BCUT2D eigenvalue weighted by Crippen LogP contribution is -3.00. The first kappa shape index (κ1) is 17.8. The molecule has 5 nitrogen and oxygen atoms in total. The monoisotopic (exact) mass is 260 g/mol. The summed E-state index contributed by atoms with van der Waals surface area (Å²) in [5.41, 5.74) is 0. The molecule has 2 heterocycles. The highest BCUT2D eigenvalue weighted by Crippen LogP contribution is 1.94. The van der Waals surface area contributed by atoms with Gasteiger partial charge in [-0.05, 0) is 0 Å². The van der Waals surface area contributed by atoms with E-state index in [9.17, 15) is 0 Å². The molecule has 8 N–H and O–H groups in total. The molecule has 0 aromatic rings. The van der Waals surface area contributed by atoms with Crippen molar-refractivity contribution in [1.29, 1.82) is 0 Å². The zero-order valence-electron chi connectivity index (χ0n) is 8.81. The number of nitrogens with one attached hydrogen (secondary N) is 2. The van der Waals surface area contributed by atoms with E-state index < -0.39 is 0 Å². The molecule has 0 spiro atoms. The molecule has 2 rings (SSSR count). The van der Waals surface area contributed by atoms with Crippen molar-refractivity contribution in [3.8, 4) is 0 Å². The summed E-state index contributed by atoms with van der Waals surface area (Å²) in [5, 5.41) is 11.8. The van der Waals surface area contributed by atoms with Crippen LogP contribution in [0.15, 0.2) is 0 Å². The molecule has 0 amide bonds. The lowest BCUT2D eigenvalue weighted by Gasteiger charge is -2.10. The van der Waals surface area contributed by atoms with Crippen LogP contribution in [-0.4, -0.2) is 44.0 Å². The topological polar surface area (TPSA) is 88.8 Å². The van der Waals surface area contributed by atoms with E-state index in [2.05, 4.69) is 21.3 Å². The predicted molar refractivity (Wildman–Crippen MR) is 50.0 cm³/mol. The Morgan fingerprint density at radius 3 is 1.53 bits per heavy atom. The molecule has 7 heteroatoms. The van der Waals surface area contributed by atoms with Gasteiger partial charge in [0.15, 0.2) is 0 Å². The van der Waals surface area contributed by atoms with Crippen molar-refractivity contribution in [2.75, 3.05) is 26.2 Å². The Kier molecular flexibility index (Phi) is 11.4. The Labute approximate surface area is 103 Å². The maximum Gasteiger partial charge on any atom is 0.140 e. The number of halogens is 2. The van der Waals surface area contributed by atoms with E-state index in [-0.39, 0.29) is 30.3 Å². The number of rotatable bonds is 3. The number of quaternary nitrogens is 2. The highest BCUT2D eigenvalue weighted by Gasteiger charge is 2.22. The zero-order chi connectivity index (χ0) is 8.23. The number of nitrogens with two attached hydrogens (primary N) is 2. The number of hydrogen-bond acceptors (Lipinski definition) is 2. The van der Waals surface area contributed by atoms with Gasteiger partial charge in [0.1, 0.15) is 12.3 Å². The van der Waals surface area contributed by atoms with Crippen molar-refractivity contribution < 1.29 is 40.9 Å². The maximum atomic E-state index is 3.48. The van der Waals surface area contributed by atoms with Gasteiger partial charge in [-0.25, -0.2) is 0 Å². The van der Waals surface area contributed by atoms with Crippen LogP contribution in [0, 0.1) is 0 Å². The van der Waals surface area contributed by atoms with Crippen LogP contribution in [-0.2, 0) is 0 Å². The van der Waals surface area contributed by atoms with Crippen LogP contribution in [0.1, 0.15) is 12.8 Å². The predicted octanol–water partition coefficient (Wildman–Crippen LogP) is -10.1. The van der Waals surface area contributed by atoms with Crippen LogP contribution in [0.3, 0.4) is 0 Å². The van der Waals surface area contributed by atoms with Gasteiger partial charge in [0, 0.05) is 25.9 Å². The third-order valence-corrected chi connectivity index (χ3v) is 2.79. The van der Waals surface area contributed by atoms with E-state index in [1.54, 1.807) is 0 Å². The Morgan fingerprint density at radius 2 is 1.27 bits per heavy atom. The highest BCUT2D eigenvalue weighted by atomic mass is 35.5. The Bertz CT molecular complexity index is 125. The molecular formula is C8H22Cl2N4O. The molecule has 0 radical (unpaired) electrons. The maximum absolute atomic E-state index is 3.48. The van der Waals surface area contributed by atoms with Gasteiger partial charge in [-0.3, -0.25) is 10.6 Å². The van der Waals surface area contributed by atoms with Crippen molar-refractivity contribution in [1.82, 2.24) is 10.6 Å². The summed E-state index contributed by atoms with van der Waals surface area (Å²) in [6.45, 7) is 4.89. The fourth-order valence-corrected chi connectivity index (χ4v) is 2.07. The zero-order valence-corrected chi connectivity index (χ0v) is 10.3. The largest absolute Gasteiger partial charge is 1.00 e. The quantitative estimate of drug-likeness (QED) is 0.406. The molecule has 2 saturated heterocycles. The molecule has 2 fully saturated rings. The average molecular weight is 261 g/mol. The van der Waals surface area contributed by atoms with Crippen LogP contribution in [0.5, 0.6) is 0 Å². The molecule has 2 aliphatic heterocycles. The summed E-state index contributed by atoms with van der Waals surface area (Å²) in [6, 6.07) is 0. The summed E-state index contributed by atoms with van der Waals surface area (Å²) in [5.74, 6) is 0. The van der Waals surface area contributed by atoms with Gasteiger partial charge in [0.25, 0.3) is 0 Å².